The molecule has 2 aromatic carbocycles. The molecule has 1 atom stereocenters. The van der Waals surface area contributed by atoms with Crippen LogP contribution < -0.4 is 15.5 Å². The third-order valence-electron chi connectivity index (χ3n) is 5.73. The molecule has 0 bridgehead atoms. The SMILES string of the molecule is C[C@@H](Nc1ccc(N2CCN(Cc3ccccc3)CC2)cc1)C(=O)N1CCNC1=O. The number of urea groups is 1. The maximum atomic E-state index is 12.4. The Kier molecular flexibility index (Phi) is 6.18. The summed E-state index contributed by atoms with van der Waals surface area (Å²) in [7, 11) is 0. The summed E-state index contributed by atoms with van der Waals surface area (Å²) in [4.78, 5) is 30.3. The van der Waals surface area contributed by atoms with Gasteiger partial charge in [-0.1, -0.05) is 30.3 Å². The number of rotatable bonds is 6. The van der Waals surface area contributed by atoms with Gasteiger partial charge in [0.2, 0.25) is 0 Å². The molecule has 2 aliphatic rings. The molecule has 0 unspecified atom stereocenters. The first kappa shape index (κ1) is 20.2. The Morgan fingerprint density at radius 3 is 2.33 bits per heavy atom. The van der Waals surface area contributed by atoms with Crippen LogP contribution in [0.5, 0.6) is 0 Å². The van der Waals surface area contributed by atoms with Crippen LogP contribution in [0.2, 0.25) is 0 Å². The lowest BCUT2D eigenvalue weighted by molar-refractivity contribution is -0.128. The molecule has 7 nitrogen and oxygen atoms in total. The summed E-state index contributed by atoms with van der Waals surface area (Å²) in [5.74, 6) is -0.205. The largest absolute Gasteiger partial charge is 0.374 e. The zero-order valence-electron chi connectivity index (χ0n) is 17.4. The van der Waals surface area contributed by atoms with Gasteiger partial charge in [-0.05, 0) is 36.8 Å². The second-order valence-electron chi connectivity index (χ2n) is 7.88. The van der Waals surface area contributed by atoms with Crippen LogP contribution in [0.25, 0.3) is 0 Å². The minimum absolute atomic E-state index is 0.205. The van der Waals surface area contributed by atoms with Gasteiger partial charge in [0.05, 0.1) is 0 Å². The lowest BCUT2D eigenvalue weighted by atomic mass is 10.2. The molecule has 3 amide bonds. The number of hydrogen-bond acceptors (Lipinski definition) is 5. The summed E-state index contributed by atoms with van der Waals surface area (Å²) in [5.41, 5.74) is 3.43. The van der Waals surface area contributed by atoms with Gasteiger partial charge in [-0.25, -0.2) is 4.79 Å². The number of imide groups is 1. The van der Waals surface area contributed by atoms with Crippen LogP contribution >= 0.6 is 0 Å². The van der Waals surface area contributed by atoms with E-state index in [-0.39, 0.29) is 11.9 Å². The van der Waals surface area contributed by atoms with Crippen molar-refractivity contribution in [1.82, 2.24) is 15.1 Å². The Labute approximate surface area is 177 Å². The van der Waals surface area contributed by atoms with Gasteiger partial charge >= 0.3 is 6.03 Å². The number of amides is 3. The fraction of sp³-hybridized carbons (Fsp3) is 0.391. The van der Waals surface area contributed by atoms with Crippen molar-refractivity contribution in [2.75, 3.05) is 49.5 Å². The summed E-state index contributed by atoms with van der Waals surface area (Å²) in [6.45, 7) is 7.81. The van der Waals surface area contributed by atoms with Crippen LogP contribution in [-0.2, 0) is 11.3 Å². The van der Waals surface area contributed by atoms with Crippen molar-refractivity contribution in [3.8, 4) is 0 Å². The van der Waals surface area contributed by atoms with Gasteiger partial charge in [-0.3, -0.25) is 14.6 Å². The van der Waals surface area contributed by atoms with Crippen molar-refractivity contribution >= 4 is 23.3 Å². The molecular formula is C23H29N5O2. The van der Waals surface area contributed by atoms with E-state index in [2.05, 4.69) is 62.9 Å². The number of carbonyl (C=O) groups excluding carboxylic acids is 2. The fourth-order valence-corrected chi connectivity index (χ4v) is 4.00. The molecule has 0 radical (unpaired) electrons. The van der Waals surface area contributed by atoms with E-state index in [9.17, 15) is 9.59 Å². The van der Waals surface area contributed by atoms with Gasteiger partial charge in [0.1, 0.15) is 6.04 Å². The van der Waals surface area contributed by atoms with Gasteiger partial charge in [0.25, 0.3) is 5.91 Å². The monoisotopic (exact) mass is 407 g/mol. The maximum Gasteiger partial charge on any atom is 0.324 e. The molecule has 2 fully saturated rings. The summed E-state index contributed by atoms with van der Waals surface area (Å²) in [6, 6.07) is 18.0. The third kappa shape index (κ3) is 4.74. The zero-order valence-corrected chi connectivity index (χ0v) is 17.4. The van der Waals surface area contributed by atoms with E-state index < -0.39 is 6.04 Å². The Morgan fingerprint density at radius 2 is 1.70 bits per heavy atom. The Hall–Kier alpha value is -3.06. The van der Waals surface area contributed by atoms with Gasteiger partial charge in [0.15, 0.2) is 0 Å². The van der Waals surface area contributed by atoms with E-state index in [4.69, 9.17) is 0 Å². The molecule has 2 saturated heterocycles. The van der Waals surface area contributed by atoms with Crippen LogP contribution in [0.15, 0.2) is 54.6 Å². The molecule has 2 aliphatic heterocycles. The maximum absolute atomic E-state index is 12.4. The first-order chi connectivity index (χ1) is 14.6. The summed E-state index contributed by atoms with van der Waals surface area (Å²) < 4.78 is 0. The highest BCUT2D eigenvalue weighted by atomic mass is 16.2. The second-order valence-corrected chi connectivity index (χ2v) is 7.88. The highest BCUT2D eigenvalue weighted by Gasteiger charge is 2.29. The molecule has 2 heterocycles. The van der Waals surface area contributed by atoms with Crippen molar-refractivity contribution in [1.29, 1.82) is 0 Å². The van der Waals surface area contributed by atoms with E-state index in [1.54, 1.807) is 6.92 Å². The average Bonchev–Trinajstić information content (AvgIpc) is 3.21. The number of nitrogens with zero attached hydrogens (tertiary/aromatic N) is 3. The molecule has 4 rings (SSSR count). The van der Waals surface area contributed by atoms with Crippen molar-refractivity contribution in [2.45, 2.75) is 19.5 Å². The van der Waals surface area contributed by atoms with Crippen LogP contribution in [0, 0.1) is 0 Å². The summed E-state index contributed by atoms with van der Waals surface area (Å²) >= 11 is 0. The molecule has 0 aliphatic carbocycles. The Bertz CT molecular complexity index is 863. The number of nitrogens with one attached hydrogen (secondary N) is 2. The van der Waals surface area contributed by atoms with Crippen LogP contribution in [0.3, 0.4) is 0 Å². The molecule has 2 aromatic rings. The molecule has 7 heteroatoms. The fourth-order valence-electron chi connectivity index (χ4n) is 4.00. The van der Waals surface area contributed by atoms with Crippen LogP contribution in [0.4, 0.5) is 16.2 Å². The van der Waals surface area contributed by atoms with Gasteiger partial charge in [0, 0.05) is 57.2 Å². The average molecular weight is 408 g/mol. The first-order valence-electron chi connectivity index (χ1n) is 10.6. The van der Waals surface area contributed by atoms with Gasteiger partial charge in [-0.15, -0.1) is 0 Å². The topological polar surface area (TPSA) is 67.9 Å². The van der Waals surface area contributed by atoms with Crippen molar-refractivity contribution in [2.24, 2.45) is 0 Å². The molecular weight excluding hydrogens is 378 g/mol. The number of piperazine rings is 1. The number of benzene rings is 2. The number of anilines is 2. The van der Waals surface area contributed by atoms with E-state index in [0.29, 0.717) is 13.1 Å². The van der Waals surface area contributed by atoms with E-state index in [1.807, 2.05) is 12.1 Å². The summed E-state index contributed by atoms with van der Waals surface area (Å²) in [6.07, 6.45) is 0. The predicted octanol–water partition coefficient (Wildman–Crippen LogP) is 2.36. The molecule has 0 saturated carbocycles. The van der Waals surface area contributed by atoms with Crippen LogP contribution in [-0.4, -0.2) is 67.0 Å². The second kappa shape index (κ2) is 9.17. The molecule has 30 heavy (non-hydrogen) atoms. The third-order valence-corrected chi connectivity index (χ3v) is 5.73. The van der Waals surface area contributed by atoms with Crippen molar-refractivity contribution in [3.05, 3.63) is 60.2 Å². The minimum Gasteiger partial charge on any atom is -0.374 e. The highest BCUT2D eigenvalue weighted by Crippen LogP contribution is 2.21. The molecule has 2 N–H and O–H groups in total. The van der Waals surface area contributed by atoms with Crippen molar-refractivity contribution < 1.29 is 9.59 Å². The minimum atomic E-state index is -0.457. The van der Waals surface area contributed by atoms with E-state index >= 15 is 0 Å². The molecule has 0 spiro atoms. The lowest BCUT2D eigenvalue weighted by Crippen LogP contribution is -2.46. The molecule has 0 aromatic heterocycles. The van der Waals surface area contributed by atoms with Gasteiger partial charge < -0.3 is 15.5 Å². The predicted molar refractivity (Wildman–Crippen MR) is 119 cm³/mol. The Morgan fingerprint density at radius 1 is 1.00 bits per heavy atom. The number of hydrogen-bond donors (Lipinski definition) is 2. The highest BCUT2D eigenvalue weighted by molar-refractivity contribution is 5.99. The lowest BCUT2D eigenvalue weighted by Gasteiger charge is -2.36. The number of carbonyl (C=O) groups is 2. The van der Waals surface area contributed by atoms with Crippen molar-refractivity contribution in [3.63, 3.8) is 0 Å². The summed E-state index contributed by atoms with van der Waals surface area (Å²) in [5, 5.41) is 5.86. The first-order valence-corrected chi connectivity index (χ1v) is 10.6. The smallest absolute Gasteiger partial charge is 0.324 e. The Balaban J connectivity index is 1.27. The van der Waals surface area contributed by atoms with Crippen LogP contribution in [0.1, 0.15) is 12.5 Å². The van der Waals surface area contributed by atoms with E-state index in [0.717, 1.165) is 38.4 Å². The standard InChI is InChI=1S/C23H29N5O2/c1-18(22(29)28-12-11-24-23(28)30)25-20-7-9-21(10-8-20)27-15-13-26(14-16-27)17-19-5-3-2-4-6-19/h2-10,18,25H,11-17H2,1H3,(H,24,30)/t18-/m1/s1. The van der Waals surface area contributed by atoms with Gasteiger partial charge in [-0.2, -0.15) is 0 Å². The van der Waals surface area contributed by atoms with E-state index in [1.165, 1.54) is 16.2 Å². The quantitative estimate of drug-likeness (QED) is 0.770. The normalized spacial score (nSPS) is 18.2. The molecule has 158 valence electrons. The zero-order chi connectivity index (χ0) is 20.9.